The number of unbranched alkanes of at least 4 members (excludes halogenated alkanes) is 1. The first-order chi connectivity index (χ1) is 12.8. The van der Waals surface area contributed by atoms with Crippen LogP contribution in [0, 0.1) is 0 Å². The van der Waals surface area contributed by atoms with Crippen LogP contribution in [0.3, 0.4) is 0 Å². The van der Waals surface area contributed by atoms with Crippen molar-refractivity contribution in [3.05, 3.63) is 66.9 Å². The third-order valence-corrected chi connectivity index (χ3v) is 4.62. The molecule has 5 heteroatoms. The highest BCUT2D eigenvalue weighted by Crippen LogP contribution is 2.20. The predicted octanol–water partition coefficient (Wildman–Crippen LogP) is 4.01. The van der Waals surface area contributed by atoms with Gasteiger partial charge in [0, 0.05) is 25.4 Å². The molecule has 0 aliphatic carbocycles. The Morgan fingerprint density at radius 2 is 2.04 bits per heavy atom. The molecule has 5 nitrogen and oxygen atoms in total. The molecule has 3 rings (SSSR count). The summed E-state index contributed by atoms with van der Waals surface area (Å²) in [7, 11) is 0. The standard InChI is InChI=1S/C21H26N4O/c1-3-17-11-14-25(16-18(17)4-2)13-5-6-15-26-21-9-7-8-19(23-21)20-10-12-22-24-20/h3-4,7-10,12H,1-2,5-6,11,13-16H2,(H,22,24). The zero-order valence-corrected chi connectivity index (χ0v) is 15.2. The fraction of sp³-hybridized carbons (Fsp3) is 0.333. The molecule has 0 radical (unpaired) electrons. The number of nitrogens with one attached hydrogen (secondary N) is 1. The molecule has 0 amide bonds. The molecule has 0 spiro atoms. The van der Waals surface area contributed by atoms with E-state index in [1.807, 2.05) is 36.4 Å². The van der Waals surface area contributed by atoms with Gasteiger partial charge in [-0.2, -0.15) is 5.10 Å². The van der Waals surface area contributed by atoms with Crippen molar-refractivity contribution in [2.24, 2.45) is 0 Å². The van der Waals surface area contributed by atoms with Crippen LogP contribution in [0.2, 0.25) is 0 Å². The summed E-state index contributed by atoms with van der Waals surface area (Å²) in [6.45, 7) is 11.6. The van der Waals surface area contributed by atoms with Crippen molar-refractivity contribution in [3.8, 4) is 17.3 Å². The Bertz CT molecular complexity index is 764. The Morgan fingerprint density at radius 1 is 1.15 bits per heavy atom. The highest BCUT2D eigenvalue weighted by molar-refractivity contribution is 5.53. The van der Waals surface area contributed by atoms with Crippen LogP contribution in [0.5, 0.6) is 5.88 Å². The lowest BCUT2D eigenvalue weighted by Gasteiger charge is -2.28. The van der Waals surface area contributed by atoms with Gasteiger partial charge in [0.25, 0.3) is 0 Å². The lowest BCUT2D eigenvalue weighted by molar-refractivity contribution is 0.255. The molecule has 0 fully saturated rings. The largest absolute Gasteiger partial charge is 0.478 e. The molecule has 1 aliphatic heterocycles. The molecule has 1 aliphatic rings. The minimum atomic E-state index is 0.655. The number of rotatable bonds is 9. The van der Waals surface area contributed by atoms with Crippen molar-refractivity contribution in [2.75, 3.05) is 26.2 Å². The van der Waals surface area contributed by atoms with Crippen molar-refractivity contribution < 1.29 is 4.74 Å². The van der Waals surface area contributed by atoms with Gasteiger partial charge in [-0.05, 0) is 49.1 Å². The van der Waals surface area contributed by atoms with E-state index in [0.29, 0.717) is 12.5 Å². The van der Waals surface area contributed by atoms with Crippen molar-refractivity contribution in [1.82, 2.24) is 20.1 Å². The Hall–Kier alpha value is -2.66. The molecule has 0 unspecified atom stereocenters. The molecule has 2 aromatic heterocycles. The minimum absolute atomic E-state index is 0.655. The molecular formula is C21H26N4O. The van der Waals surface area contributed by atoms with Crippen LogP contribution in [0.25, 0.3) is 11.4 Å². The van der Waals surface area contributed by atoms with Crippen LogP contribution in [0.15, 0.2) is 66.9 Å². The molecule has 2 aromatic rings. The molecular weight excluding hydrogens is 324 g/mol. The van der Waals surface area contributed by atoms with Crippen LogP contribution in [0.4, 0.5) is 0 Å². The Kier molecular flexibility index (Phi) is 6.39. The third-order valence-electron chi connectivity index (χ3n) is 4.62. The van der Waals surface area contributed by atoms with E-state index in [9.17, 15) is 0 Å². The van der Waals surface area contributed by atoms with Crippen molar-refractivity contribution >= 4 is 0 Å². The summed E-state index contributed by atoms with van der Waals surface area (Å²) in [5.74, 6) is 0.655. The topological polar surface area (TPSA) is 54.0 Å². The third kappa shape index (κ3) is 4.70. The number of pyridine rings is 1. The van der Waals surface area contributed by atoms with Gasteiger partial charge in [-0.15, -0.1) is 0 Å². The van der Waals surface area contributed by atoms with E-state index in [1.54, 1.807) is 6.20 Å². The molecule has 0 saturated heterocycles. The van der Waals surface area contributed by atoms with Crippen molar-refractivity contribution in [2.45, 2.75) is 19.3 Å². The van der Waals surface area contributed by atoms with Gasteiger partial charge in [0.15, 0.2) is 0 Å². The van der Waals surface area contributed by atoms with Crippen molar-refractivity contribution in [3.63, 3.8) is 0 Å². The van der Waals surface area contributed by atoms with Crippen molar-refractivity contribution in [1.29, 1.82) is 0 Å². The smallest absolute Gasteiger partial charge is 0.213 e. The fourth-order valence-electron chi connectivity index (χ4n) is 3.14. The molecule has 1 N–H and O–H groups in total. The summed E-state index contributed by atoms with van der Waals surface area (Å²) in [6, 6.07) is 7.68. The summed E-state index contributed by atoms with van der Waals surface area (Å²) in [5.41, 5.74) is 4.38. The van der Waals surface area contributed by atoms with Crippen LogP contribution in [0.1, 0.15) is 19.3 Å². The fourth-order valence-corrected chi connectivity index (χ4v) is 3.14. The number of H-pyrrole nitrogens is 1. The van der Waals surface area contributed by atoms with Gasteiger partial charge in [-0.25, -0.2) is 4.98 Å². The highest BCUT2D eigenvalue weighted by atomic mass is 16.5. The monoisotopic (exact) mass is 350 g/mol. The summed E-state index contributed by atoms with van der Waals surface area (Å²) in [5, 5.41) is 6.87. The molecule has 0 bridgehead atoms. The van der Waals surface area contributed by atoms with Gasteiger partial charge in [0.1, 0.15) is 0 Å². The molecule has 26 heavy (non-hydrogen) atoms. The number of aromatic amines is 1. The maximum absolute atomic E-state index is 5.81. The maximum atomic E-state index is 5.81. The number of aromatic nitrogens is 3. The lowest BCUT2D eigenvalue weighted by Crippen LogP contribution is -2.32. The van der Waals surface area contributed by atoms with Crippen LogP contribution in [-0.4, -0.2) is 46.3 Å². The van der Waals surface area contributed by atoms with Gasteiger partial charge in [0.05, 0.1) is 18.0 Å². The minimum Gasteiger partial charge on any atom is -0.478 e. The van der Waals surface area contributed by atoms with Gasteiger partial charge < -0.3 is 4.74 Å². The lowest BCUT2D eigenvalue weighted by atomic mass is 10.00. The second-order valence-corrected chi connectivity index (χ2v) is 6.37. The first-order valence-electron chi connectivity index (χ1n) is 9.09. The predicted molar refractivity (Wildman–Crippen MR) is 105 cm³/mol. The first-order valence-corrected chi connectivity index (χ1v) is 9.09. The van der Waals surface area contributed by atoms with E-state index >= 15 is 0 Å². The van der Waals surface area contributed by atoms with Gasteiger partial charge in [-0.1, -0.05) is 31.4 Å². The molecule has 3 heterocycles. The second-order valence-electron chi connectivity index (χ2n) is 6.37. The van der Waals surface area contributed by atoms with E-state index < -0.39 is 0 Å². The maximum Gasteiger partial charge on any atom is 0.213 e. The normalized spacial score (nSPS) is 15.1. The summed E-state index contributed by atoms with van der Waals surface area (Å²) in [6.07, 6.45) is 8.82. The average molecular weight is 350 g/mol. The van der Waals surface area contributed by atoms with Gasteiger partial charge >= 0.3 is 0 Å². The molecule has 0 saturated carbocycles. The SMILES string of the molecule is C=CC1=C(C=C)CN(CCCCOc2cccc(-c3ccn[nH]3)n2)CC1. The molecule has 136 valence electrons. The first kappa shape index (κ1) is 18.1. The van der Waals surface area contributed by atoms with Crippen LogP contribution < -0.4 is 4.74 Å². The Labute approximate surface area is 155 Å². The zero-order chi connectivity index (χ0) is 18.2. The number of nitrogens with zero attached hydrogens (tertiary/aromatic N) is 3. The van der Waals surface area contributed by atoms with E-state index in [4.69, 9.17) is 4.74 Å². The second kappa shape index (κ2) is 9.15. The summed E-state index contributed by atoms with van der Waals surface area (Å²) < 4.78 is 5.81. The number of allylic oxidation sites excluding steroid dienone is 1. The average Bonchev–Trinajstić information content (AvgIpc) is 3.22. The van der Waals surface area contributed by atoms with Gasteiger partial charge in [0.2, 0.25) is 5.88 Å². The van der Waals surface area contributed by atoms with E-state index in [-0.39, 0.29) is 0 Å². The van der Waals surface area contributed by atoms with E-state index in [0.717, 1.165) is 50.3 Å². The quantitative estimate of drug-likeness (QED) is 0.695. The summed E-state index contributed by atoms with van der Waals surface area (Å²) >= 11 is 0. The summed E-state index contributed by atoms with van der Waals surface area (Å²) in [4.78, 5) is 6.98. The Morgan fingerprint density at radius 3 is 2.81 bits per heavy atom. The Balaban J connectivity index is 1.40. The number of ether oxygens (including phenoxy) is 1. The highest BCUT2D eigenvalue weighted by Gasteiger charge is 2.14. The van der Waals surface area contributed by atoms with Crippen LogP contribution in [-0.2, 0) is 0 Å². The molecule has 0 atom stereocenters. The number of hydrogen-bond donors (Lipinski definition) is 1. The van der Waals surface area contributed by atoms with Crippen LogP contribution >= 0.6 is 0 Å². The number of hydrogen-bond acceptors (Lipinski definition) is 4. The van der Waals surface area contributed by atoms with E-state index in [2.05, 4.69) is 33.2 Å². The van der Waals surface area contributed by atoms with E-state index in [1.165, 1.54) is 11.1 Å². The zero-order valence-electron chi connectivity index (χ0n) is 15.2. The van der Waals surface area contributed by atoms with Gasteiger partial charge in [-0.3, -0.25) is 10.00 Å². The molecule has 0 aromatic carbocycles.